The van der Waals surface area contributed by atoms with Crippen molar-refractivity contribution in [2.45, 2.75) is 0 Å². The van der Waals surface area contributed by atoms with E-state index in [0.717, 1.165) is 0 Å². The number of amidine groups is 1. The molecule has 1 aromatic carbocycles. The minimum atomic E-state index is 0. The van der Waals surface area contributed by atoms with Crippen molar-refractivity contribution in [3.63, 3.8) is 0 Å². The zero-order valence-electron chi connectivity index (χ0n) is 5.76. The Kier molecular flexibility index (Phi) is 3.57. The molecule has 0 aromatic heterocycles. The van der Waals surface area contributed by atoms with Gasteiger partial charge >= 0.3 is 0 Å². The molecule has 0 aliphatic heterocycles. The fraction of sp³-hybridized carbons (Fsp3) is 0. The Hall–Kier alpha value is -1.06. The lowest BCUT2D eigenvalue weighted by atomic mass is 10.2. The Labute approximate surface area is 69.6 Å². The van der Waals surface area contributed by atoms with Crippen molar-refractivity contribution in [1.82, 2.24) is 0 Å². The van der Waals surface area contributed by atoms with Crippen LogP contribution in [0.15, 0.2) is 24.3 Å². The molecule has 4 heteroatoms. The van der Waals surface area contributed by atoms with Crippen LogP contribution < -0.4 is 5.73 Å². The van der Waals surface area contributed by atoms with Crippen LogP contribution in [-0.2, 0) is 0 Å². The van der Waals surface area contributed by atoms with Crippen LogP contribution in [0.25, 0.3) is 0 Å². The molecular weight excluding hydrogens is 164 g/mol. The predicted molar refractivity (Wildman–Crippen MR) is 46.1 cm³/mol. The first-order valence-corrected chi connectivity index (χ1v) is 3.18. The van der Waals surface area contributed by atoms with Gasteiger partial charge in [0, 0.05) is 5.56 Å². The molecule has 0 fully saturated rings. The molecule has 0 bridgehead atoms. The maximum Gasteiger partial charge on any atom is 0.124 e. The molecule has 0 unspecified atom stereocenters. The van der Waals surface area contributed by atoms with Crippen molar-refractivity contribution in [2.24, 2.45) is 5.73 Å². The Morgan fingerprint density at radius 2 is 1.91 bits per heavy atom. The van der Waals surface area contributed by atoms with E-state index in [2.05, 4.69) is 0 Å². The van der Waals surface area contributed by atoms with Crippen molar-refractivity contribution in [2.75, 3.05) is 0 Å². The molecule has 0 radical (unpaired) electrons. The van der Waals surface area contributed by atoms with Gasteiger partial charge in [0.05, 0.1) is 5.02 Å². The summed E-state index contributed by atoms with van der Waals surface area (Å²) in [5.74, 6) is 0.00519. The number of halogens is 1. The highest BCUT2D eigenvalue weighted by Crippen LogP contribution is 2.13. The first-order valence-electron chi connectivity index (χ1n) is 2.81. The van der Waals surface area contributed by atoms with E-state index in [-0.39, 0.29) is 11.3 Å². The highest BCUT2D eigenvalue weighted by Gasteiger charge is 1.98. The number of benzene rings is 1. The number of hydrogen-bond acceptors (Lipinski definition) is 1. The SMILES string of the molecule is N=C(N)c1ccccc1Cl.O. The van der Waals surface area contributed by atoms with Crippen molar-refractivity contribution < 1.29 is 5.48 Å². The molecule has 1 rings (SSSR count). The van der Waals surface area contributed by atoms with Gasteiger partial charge < -0.3 is 11.2 Å². The molecule has 0 aliphatic carbocycles. The summed E-state index contributed by atoms with van der Waals surface area (Å²) in [6.45, 7) is 0. The molecule has 0 spiro atoms. The van der Waals surface area contributed by atoms with Crippen molar-refractivity contribution in [1.29, 1.82) is 5.41 Å². The lowest BCUT2D eigenvalue weighted by molar-refractivity contribution is 0.824. The van der Waals surface area contributed by atoms with E-state index in [1.54, 1.807) is 24.3 Å². The standard InChI is InChI=1S/C7H7ClN2.H2O/c8-6-4-2-1-3-5(6)7(9)10;/h1-4H,(H3,9,10);1H2. The van der Waals surface area contributed by atoms with E-state index in [4.69, 9.17) is 22.7 Å². The van der Waals surface area contributed by atoms with Gasteiger partial charge in [-0.1, -0.05) is 23.7 Å². The molecule has 0 saturated heterocycles. The minimum Gasteiger partial charge on any atom is -0.412 e. The van der Waals surface area contributed by atoms with E-state index in [9.17, 15) is 0 Å². The van der Waals surface area contributed by atoms with Crippen LogP contribution in [0.4, 0.5) is 0 Å². The quantitative estimate of drug-likeness (QED) is 0.477. The molecule has 60 valence electrons. The van der Waals surface area contributed by atoms with Crippen LogP contribution in [0.5, 0.6) is 0 Å². The number of rotatable bonds is 1. The van der Waals surface area contributed by atoms with Crippen molar-refractivity contribution in [3.8, 4) is 0 Å². The molecular formula is C7H9ClN2O. The minimum absolute atomic E-state index is 0. The summed E-state index contributed by atoms with van der Waals surface area (Å²) >= 11 is 5.70. The zero-order valence-corrected chi connectivity index (χ0v) is 6.52. The summed E-state index contributed by atoms with van der Waals surface area (Å²) in [7, 11) is 0. The van der Waals surface area contributed by atoms with E-state index in [1.807, 2.05) is 0 Å². The van der Waals surface area contributed by atoms with Crippen LogP contribution in [0.3, 0.4) is 0 Å². The first-order chi connectivity index (χ1) is 4.72. The molecule has 0 saturated carbocycles. The normalized spacial score (nSPS) is 8.45. The molecule has 1 aromatic rings. The lowest BCUT2D eigenvalue weighted by Crippen LogP contribution is -2.11. The van der Waals surface area contributed by atoms with Crippen LogP contribution >= 0.6 is 11.6 Å². The van der Waals surface area contributed by atoms with Gasteiger partial charge in [0.2, 0.25) is 0 Å². The summed E-state index contributed by atoms with van der Waals surface area (Å²) in [5.41, 5.74) is 5.80. The average molecular weight is 173 g/mol. The van der Waals surface area contributed by atoms with Crippen LogP contribution in [-0.4, -0.2) is 11.3 Å². The maximum absolute atomic E-state index is 7.07. The van der Waals surface area contributed by atoms with E-state index < -0.39 is 0 Å². The second-order valence-corrected chi connectivity index (χ2v) is 2.30. The maximum atomic E-state index is 7.07. The fourth-order valence-electron chi connectivity index (χ4n) is 0.680. The van der Waals surface area contributed by atoms with Gasteiger partial charge in [-0.05, 0) is 12.1 Å². The second-order valence-electron chi connectivity index (χ2n) is 1.89. The molecule has 0 atom stereocenters. The summed E-state index contributed by atoms with van der Waals surface area (Å²) in [6.07, 6.45) is 0. The van der Waals surface area contributed by atoms with Crippen LogP contribution in [0, 0.1) is 5.41 Å². The topological polar surface area (TPSA) is 81.4 Å². The van der Waals surface area contributed by atoms with E-state index in [0.29, 0.717) is 10.6 Å². The fourth-order valence-corrected chi connectivity index (χ4v) is 0.917. The summed E-state index contributed by atoms with van der Waals surface area (Å²) in [4.78, 5) is 0. The van der Waals surface area contributed by atoms with Gasteiger partial charge in [-0.2, -0.15) is 0 Å². The van der Waals surface area contributed by atoms with Crippen LogP contribution in [0.2, 0.25) is 5.02 Å². The van der Waals surface area contributed by atoms with Gasteiger partial charge in [-0.3, -0.25) is 5.41 Å². The van der Waals surface area contributed by atoms with Gasteiger partial charge in [0.15, 0.2) is 0 Å². The number of nitrogens with one attached hydrogen (secondary N) is 1. The van der Waals surface area contributed by atoms with Gasteiger partial charge in [-0.25, -0.2) is 0 Å². The third kappa shape index (κ3) is 2.22. The first kappa shape index (κ1) is 9.94. The van der Waals surface area contributed by atoms with Gasteiger partial charge in [0.25, 0.3) is 0 Å². The highest BCUT2D eigenvalue weighted by atomic mass is 35.5. The third-order valence-corrected chi connectivity index (χ3v) is 1.49. The Morgan fingerprint density at radius 3 is 2.27 bits per heavy atom. The molecule has 5 N–H and O–H groups in total. The van der Waals surface area contributed by atoms with Gasteiger partial charge in [-0.15, -0.1) is 0 Å². The Bertz CT molecular complexity index is 262. The molecule has 0 heterocycles. The number of nitrogens with two attached hydrogens (primary N) is 1. The lowest BCUT2D eigenvalue weighted by Gasteiger charge is -1.98. The average Bonchev–Trinajstić information content (AvgIpc) is 1.88. The number of nitrogen functional groups attached to an aromatic ring is 1. The highest BCUT2D eigenvalue weighted by molar-refractivity contribution is 6.33. The summed E-state index contributed by atoms with van der Waals surface area (Å²) in [5, 5.41) is 7.59. The van der Waals surface area contributed by atoms with E-state index in [1.165, 1.54) is 0 Å². The van der Waals surface area contributed by atoms with Crippen molar-refractivity contribution >= 4 is 17.4 Å². The Morgan fingerprint density at radius 1 is 1.36 bits per heavy atom. The van der Waals surface area contributed by atoms with Crippen LogP contribution in [0.1, 0.15) is 5.56 Å². The smallest absolute Gasteiger partial charge is 0.124 e. The van der Waals surface area contributed by atoms with Gasteiger partial charge in [0.1, 0.15) is 5.84 Å². The van der Waals surface area contributed by atoms with Crippen molar-refractivity contribution in [3.05, 3.63) is 34.9 Å². The molecule has 0 aliphatic rings. The molecule has 3 nitrogen and oxygen atoms in total. The second kappa shape index (κ2) is 3.95. The monoisotopic (exact) mass is 172 g/mol. The number of hydrogen-bond donors (Lipinski definition) is 2. The predicted octanol–water partition coefficient (Wildman–Crippen LogP) is 0.799. The molecule has 0 amide bonds. The third-order valence-electron chi connectivity index (χ3n) is 1.16. The summed E-state index contributed by atoms with van der Waals surface area (Å²) in [6, 6.07) is 7.01. The Balaban J connectivity index is 0.000001000. The molecule has 11 heavy (non-hydrogen) atoms. The zero-order chi connectivity index (χ0) is 7.56. The largest absolute Gasteiger partial charge is 0.412 e. The summed E-state index contributed by atoms with van der Waals surface area (Å²) < 4.78 is 0. The van der Waals surface area contributed by atoms with E-state index >= 15 is 0 Å².